The van der Waals surface area contributed by atoms with Gasteiger partial charge in [0.2, 0.25) is 0 Å². The summed E-state index contributed by atoms with van der Waals surface area (Å²) in [5.41, 5.74) is 0.777. The smallest absolute Gasteiger partial charge is 0.0696 e. The van der Waals surface area contributed by atoms with Crippen LogP contribution in [0, 0.1) is 0 Å². The van der Waals surface area contributed by atoms with E-state index in [1.165, 1.54) is 0 Å². The molecule has 0 saturated carbocycles. The molecular formula is C13H13ClO. The molecule has 0 fully saturated rings. The second-order valence-electron chi connectivity index (χ2n) is 2.90. The number of halogens is 1. The molecule has 0 amide bonds. The van der Waals surface area contributed by atoms with Crippen LogP contribution in [0.3, 0.4) is 0 Å². The lowest BCUT2D eigenvalue weighted by molar-refractivity contribution is 0.282. The minimum absolute atomic E-state index is 0.0136. The van der Waals surface area contributed by atoms with Gasteiger partial charge in [-0.2, -0.15) is 0 Å². The van der Waals surface area contributed by atoms with E-state index in [0.29, 0.717) is 5.02 Å². The number of aliphatic hydroxyl groups is 1. The molecule has 78 valence electrons. The van der Waals surface area contributed by atoms with Crippen molar-refractivity contribution < 1.29 is 5.11 Å². The van der Waals surface area contributed by atoms with Crippen LogP contribution in [0.15, 0.2) is 60.7 Å². The second-order valence-corrected chi connectivity index (χ2v) is 3.31. The molecule has 0 aromatic heterocycles. The maximum absolute atomic E-state index is 8.63. The number of hydrogen-bond acceptors (Lipinski definition) is 1. The van der Waals surface area contributed by atoms with E-state index < -0.39 is 0 Å². The summed E-state index contributed by atoms with van der Waals surface area (Å²) in [6.07, 6.45) is 0. The third kappa shape index (κ3) is 4.63. The van der Waals surface area contributed by atoms with Crippen molar-refractivity contribution in [3.05, 3.63) is 71.2 Å². The zero-order valence-corrected chi connectivity index (χ0v) is 9.06. The van der Waals surface area contributed by atoms with E-state index >= 15 is 0 Å². The van der Waals surface area contributed by atoms with Crippen LogP contribution in [-0.2, 0) is 6.61 Å². The predicted octanol–water partition coefficient (Wildman–Crippen LogP) is 3.52. The average Bonchev–Trinajstić information content (AvgIpc) is 2.33. The molecule has 1 N–H and O–H groups in total. The molecule has 0 aliphatic heterocycles. The first-order chi connectivity index (χ1) is 7.34. The van der Waals surface area contributed by atoms with Crippen molar-refractivity contribution in [3.8, 4) is 0 Å². The van der Waals surface area contributed by atoms with Gasteiger partial charge >= 0.3 is 0 Å². The van der Waals surface area contributed by atoms with Crippen LogP contribution in [-0.4, -0.2) is 5.11 Å². The molecule has 1 nitrogen and oxygen atoms in total. The van der Waals surface area contributed by atoms with E-state index in [1.807, 2.05) is 48.5 Å². The van der Waals surface area contributed by atoms with Crippen molar-refractivity contribution in [2.75, 3.05) is 0 Å². The Morgan fingerprint density at radius 1 is 0.800 bits per heavy atom. The maximum Gasteiger partial charge on any atom is 0.0696 e. The molecule has 15 heavy (non-hydrogen) atoms. The highest BCUT2D eigenvalue weighted by molar-refractivity contribution is 6.31. The molecule has 2 rings (SSSR count). The second kappa shape index (κ2) is 7.04. The summed E-state index contributed by atoms with van der Waals surface area (Å²) in [5.74, 6) is 0. The first kappa shape index (κ1) is 11.8. The Kier molecular flexibility index (Phi) is 5.52. The van der Waals surface area contributed by atoms with Crippen molar-refractivity contribution in [2.24, 2.45) is 0 Å². The highest BCUT2D eigenvalue weighted by Gasteiger charge is 1.92. The Morgan fingerprint density at radius 2 is 1.27 bits per heavy atom. The van der Waals surface area contributed by atoms with Crippen LogP contribution >= 0.6 is 11.6 Å². The normalized spacial score (nSPS) is 8.93. The molecule has 2 aromatic carbocycles. The lowest BCUT2D eigenvalue weighted by atomic mass is 10.2. The van der Waals surface area contributed by atoms with Gasteiger partial charge in [-0.15, -0.1) is 0 Å². The quantitative estimate of drug-likeness (QED) is 0.780. The topological polar surface area (TPSA) is 20.2 Å². The van der Waals surface area contributed by atoms with Gasteiger partial charge in [-0.3, -0.25) is 0 Å². The van der Waals surface area contributed by atoms with Crippen LogP contribution in [0.1, 0.15) is 5.56 Å². The fraction of sp³-hybridized carbons (Fsp3) is 0.0769. The molecule has 0 spiro atoms. The van der Waals surface area contributed by atoms with E-state index in [0.717, 1.165) is 5.56 Å². The van der Waals surface area contributed by atoms with Gasteiger partial charge in [0.15, 0.2) is 0 Å². The third-order valence-electron chi connectivity index (χ3n) is 1.79. The molecule has 2 aromatic rings. The summed E-state index contributed by atoms with van der Waals surface area (Å²) in [5, 5.41) is 9.26. The summed E-state index contributed by atoms with van der Waals surface area (Å²) >= 11 is 5.66. The minimum atomic E-state index is 0.0136. The molecule has 0 bridgehead atoms. The molecule has 0 radical (unpaired) electrons. The van der Waals surface area contributed by atoms with E-state index in [9.17, 15) is 0 Å². The Morgan fingerprint density at radius 3 is 1.60 bits per heavy atom. The lowest BCUT2D eigenvalue weighted by Gasteiger charge is -1.95. The van der Waals surface area contributed by atoms with E-state index in [2.05, 4.69) is 0 Å². The Bertz CT molecular complexity index is 347. The first-order valence-electron chi connectivity index (χ1n) is 4.69. The van der Waals surface area contributed by atoms with Crippen LogP contribution < -0.4 is 0 Å². The van der Waals surface area contributed by atoms with E-state index in [4.69, 9.17) is 16.7 Å². The van der Waals surface area contributed by atoms with Crippen molar-refractivity contribution >= 4 is 11.6 Å². The maximum atomic E-state index is 8.63. The number of aliphatic hydroxyl groups excluding tert-OH is 1. The van der Waals surface area contributed by atoms with Crippen molar-refractivity contribution in [3.63, 3.8) is 0 Å². The molecule has 0 aliphatic carbocycles. The molecule has 0 atom stereocenters. The highest BCUT2D eigenvalue weighted by Crippen LogP contribution is 2.13. The van der Waals surface area contributed by atoms with Crippen LogP contribution in [0.2, 0.25) is 5.02 Å². The standard InChI is InChI=1S/C7H7ClO.C6H6/c8-7-4-2-1-3-6(7)5-9;1-2-4-6-5-3-1/h1-4,9H,5H2;1-6H. The van der Waals surface area contributed by atoms with Gasteiger partial charge in [-0.05, 0) is 11.6 Å². The zero-order valence-electron chi connectivity index (χ0n) is 8.31. The number of hydrogen-bond donors (Lipinski definition) is 1. The highest BCUT2D eigenvalue weighted by atomic mass is 35.5. The van der Waals surface area contributed by atoms with E-state index in [1.54, 1.807) is 12.1 Å². The summed E-state index contributed by atoms with van der Waals surface area (Å²) in [6.45, 7) is 0.0136. The van der Waals surface area contributed by atoms with Gasteiger partial charge < -0.3 is 5.11 Å². The predicted molar refractivity (Wildman–Crippen MR) is 63.8 cm³/mol. The third-order valence-corrected chi connectivity index (χ3v) is 2.16. The Balaban J connectivity index is 0.000000162. The van der Waals surface area contributed by atoms with Crippen molar-refractivity contribution in [1.29, 1.82) is 0 Å². The summed E-state index contributed by atoms with van der Waals surface area (Å²) in [6, 6.07) is 19.2. The Hall–Kier alpha value is -1.31. The van der Waals surface area contributed by atoms with Gasteiger partial charge in [0.1, 0.15) is 0 Å². The Labute approximate surface area is 95.0 Å². The molecule has 0 aliphatic rings. The monoisotopic (exact) mass is 220 g/mol. The minimum Gasteiger partial charge on any atom is -0.392 e. The molecule has 0 heterocycles. The molecule has 2 heteroatoms. The fourth-order valence-corrected chi connectivity index (χ4v) is 1.21. The molecule has 0 unspecified atom stereocenters. The van der Waals surface area contributed by atoms with Gasteiger partial charge in [0, 0.05) is 5.02 Å². The number of benzene rings is 2. The summed E-state index contributed by atoms with van der Waals surface area (Å²) in [4.78, 5) is 0. The summed E-state index contributed by atoms with van der Waals surface area (Å²) in [7, 11) is 0. The van der Waals surface area contributed by atoms with Crippen LogP contribution in [0.4, 0.5) is 0 Å². The van der Waals surface area contributed by atoms with Crippen molar-refractivity contribution in [1.82, 2.24) is 0 Å². The zero-order chi connectivity index (χ0) is 10.9. The molecule has 0 saturated heterocycles. The summed E-state index contributed by atoms with van der Waals surface area (Å²) < 4.78 is 0. The number of rotatable bonds is 1. The van der Waals surface area contributed by atoms with E-state index in [-0.39, 0.29) is 6.61 Å². The van der Waals surface area contributed by atoms with Crippen molar-refractivity contribution in [2.45, 2.75) is 6.61 Å². The van der Waals surface area contributed by atoms with Gasteiger partial charge in [0.25, 0.3) is 0 Å². The SMILES string of the molecule is OCc1ccccc1Cl.c1ccccc1. The first-order valence-corrected chi connectivity index (χ1v) is 5.06. The average molecular weight is 221 g/mol. The van der Waals surface area contributed by atoms with Crippen LogP contribution in [0.25, 0.3) is 0 Å². The largest absolute Gasteiger partial charge is 0.392 e. The molecular weight excluding hydrogens is 208 g/mol. The van der Waals surface area contributed by atoms with Crippen LogP contribution in [0.5, 0.6) is 0 Å². The van der Waals surface area contributed by atoms with Gasteiger partial charge in [-0.1, -0.05) is 66.2 Å². The lowest BCUT2D eigenvalue weighted by Crippen LogP contribution is -1.81. The van der Waals surface area contributed by atoms with Gasteiger partial charge in [0.05, 0.1) is 6.61 Å². The fourth-order valence-electron chi connectivity index (χ4n) is 1.01. The van der Waals surface area contributed by atoms with Gasteiger partial charge in [-0.25, -0.2) is 0 Å².